The van der Waals surface area contributed by atoms with Crippen molar-refractivity contribution in [3.05, 3.63) is 53.5 Å². The van der Waals surface area contributed by atoms with Crippen LogP contribution >= 0.6 is 0 Å². The van der Waals surface area contributed by atoms with Crippen LogP contribution in [0.25, 0.3) is 11.3 Å². The zero-order valence-corrected chi connectivity index (χ0v) is 14.2. The summed E-state index contributed by atoms with van der Waals surface area (Å²) >= 11 is 0. The van der Waals surface area contributed by atoms with Crippen molar-refractivity contribution in [3.63, 3.8) is 0 Å². The van der Waals surface area contributed by atoms with E-state index in [1.807, 2.05) is 31.3 Å². The van der Waals surface area contributed by atoms with E-state index in [4.69, 9.17) is 0 Å². The molecule has 0 N–H and O–H groups in total. The summed E-state index contributed by atoms with van der Waals surface area (Å²) in [5.74, 6) is 1.37. The molecular formula is C21H26FN. The Bertz CT molecular complexity index is 639. The Labute approximate surface area is 139 Å². The molecule has 1 aromatic carbocycles. The number of hydrogen-bond acceptors (Lipinski definition) is 1. The van der Waals surface area contributed by atoms with Gasteiger partial charge in [-0.3, -0.25) is 4.98 Å². The van der Waals surface area contributed by atoms with Gasteiger partial charge < -0.3 is 0 Å². The molecule has 1 aliphatic rings. The van der Waals surface area contributed by atoms with E-state index in [1.54, 1.807) is 6.07 Å². The molecule has 0 bridgehead atoms. The molecule has 0 amide bonds. The van der Waals surface area contributed by atoms with E-state index < -0.39 is 0 Å². The molecule has 1 aliphatic carbocycles. The quantitative estimate of drug-likeness (QED) is 0.661. The van der Waals surface area contributed by atoms with Crippen molar-refractivity contribution in [1.29, 1.82) is 0 Å². The van der Waals surface area contributed by atoms with Gasteiger partial charge in [0.05, 0.1) is 5.69 Å². The Morgan fingerprint density at radius 1 is 1.04 bits per heavy atom. The largest absolute Gasteiger partial charge is 0.256 e. The van der Waals surface area contributed by atoms with Crippen molar-refractivity contribution in [2.75, 3.05) is 0 Å². The van der Waals surface area contributed by atoms with Crippen molar-refractivity contribution in [2.45, 2.75) is 58.3 Å². The van der Waals surface area contributed by atoms with Gasteiger partial charge >= 0.3 is 0 Å². The monoisotopic (exact) mass is 311 g/mol. The van der Waals surface area contributed by atoms with E-state index in [0.717, 1.165) is 23.6 Å². The van der Waals surface area contributed by atoms with E-state index in [0.29, 0.717) is 11.5 Å². The van der Waals surface area contributed by atoms with Crippen LogP contribution in [0.15, 0.2) is 36.5 Å². The van der Waals surface area contributed by atoms with Crippen molar-refractivity contribution in [2.24, 2.45) is 5.92 Å². The van der Waals surface area contributed by atoms with Gasteiger partial charge in [-0.2, -0.15) is 0 Å². The minimum Gasteiger partial charge on any atom is -0.256 e. The van der Waals surface area contributed by atoms with Gasteiger partial charge in [-0.1, -0.05) is 32.4 Å². The normalized spacial score (nSPS) is 21.3. The molecule has 0 radical (unpaired) electrons. The van der Waals surface area contributed by atoms with Gasteiger partial charge in [0, 0.05) is 11.8 Å². The molecule has 0 saturated heterocycles. The van der Waals surface area contributed by atoms with Crippen LogP contribution in [0.2, 0.25) is 0 Å². The lowest BCUT2D eigenvalue weighted by molar-refractivity contribution is 0.318. The number of hydrogen-bond donors (Lipinski definition) is 0. The summed E-state index contributed by atoms with van der Waals surface area (Å²) in [6.07, 6.45) is 9.30. The highest BCUT2D eigenvalue weighted by molar-refractivity contribution is 5.60. The fourth-order valence-corrected chi connectivity index (χ4v) is 3.70. The van der Waals surface area contributed by atoms with Crippen LogP contribution in [-0.2, 0) is 6.42 Å². The zero-order valence-electron chi connectivity index (χ0n) is 14.2. The second kappa shape index (κ2) is 7.25. The Hall–Kier alpha value is -1.70. The molecule has 1 fully saturated rings. The zero-order chi connectivity index (χ0) is 16.2. The van der Waals surface area contributed by atoms with E-state index in [2.05, 4.69) is 18.0 Å². The first-order chi connectivity index (χ1) is 11.2. The summed E-state index contributed by atoms with van der Waals surface area (Å²) in [6, 6.07) is 9.58. The van der Waals surface area contributed by atoms with Crippen molar-refractivity contribution < 1.29 is 4.39 Å². The van der Waals surface area contributed by atoms with Crippen LogP contribution in [0, 0.1) is 11.7 Å². The highest BCUT2D eigenvalue weighted by Gasteiger charge is 2.21. The lowest BCUT2D eigenvalue weighted by Crippen LogP contribution is -2.12. The molecule has 0 spiro atoms. The number of nitrogens with zero attached hydrogens (tertiary/aromatic N) is 1. The van der Waals surface area contributed by atoms with E-state index in [1.165, 1.54) is 37.7 Å². The van der Waals surface area contributed by atoms with Crippen LogP contribution in [0.3, 0.4) is 0 Å². The molecule has 23 heavy (non-hydrogen) atoms. The SMILES string of the molecule is CCc1ccc(-c2ccc(C3CCC(CC)CC3)cn2)c(F)c1. The first kappa shape index (κ1) is 16.2. The number of aromatic nitrogens is 1. The van der Waals surface area contributed by atoms with E-state index in [9.17, 15) is 4.39 Å². The molecule has 2 heteroatoms. The van der Waals surface area contributed by atoms with Gasteiger partial charge in [-0.15, -0.1) is 0 Å². The summed E-state index contributed by atoms with van der Waals surface area (Å²) in [5, 5.41) is 0. The molecule has 3 rings (SSSR count). The van der Waals surface area contributed by atoms with Crippen LogP contribution in [0.5, 0.6) is 0 Å². The fraction of sp³-hybridized carbons (Fsp3) is 0.476. The minimum absolute atomic E-state index is 0.173. The number of benzene rings is 1. The van der Waals surface area contributed by atoms with Gasteiger partial charge in [0.1, 0.15) is 5.82 Å². The molecule has 0 unspecified atom stereocenters. The Kier molecular flexibility index (Phi) is 5.09. The molecule has 122 valence electrons. The highest BCUT2D eigenvalue weighted by atomic mass is 19.1. The first-order valence-corrected chi connectivity index (χ1v) is 8.96. The summed E-state index contributed by atoms with van der Waals surface area (Å²) < 4.78 is 14.2. The molecule has 0 atom stereocenters. The number of rotatable bonds is 4. The molecule has 0 aliphatic heterocycles. The van der Waals surface area contributed by atoms with Crippen molar-refractivity contribution >= 4 is 0 Å². The van der Waals surface area contributed by atoms with Crippen LogP contribution in [0.1, 0.15) is 63.0 Å². The maximum absolute atomic E-state index is 14.2. The van der Waals surface area contributed by atoms with Gasteiger partial charge in [-0.25, -0.2) is 4.39 Å². The number of halogens is 1. The predicted octanol–water partition coefficient (Wildman–Crippen LogP) is 6.13. The third-order valence-corrected chi connectivity index (χ3v) is 5.40. The molecule has 1 aromatic heterocycles. The molecule has 1 heterocycles. The third-order valence-electron chi connectivity index (χ3n) is 5.40. The molecular weight excluding hydrogens is 285 g/mol. The van der Waals surface area contributed by atoms with Crippen molar-refractivity contribution in [3.8, 4) is 11.3 Å². The average molecular weight is 311 g/mol. The van der Waals surface area contributed by atoms with Crippen LogP contribution < -0.4 is 0 Å². The molecule has 1 nitrogen and oxygen atoms in total. The van der Waals surface area contributed by atoms with Crippen LogP contribution in [-0.4, -0.2) is 4.98 Å². The van der Waals surface area contributed by atoms with Gasteiger partial charge in [0.15, 0.2) is 0 Å². The van der Waals surface area contributed by atoms with E-state index in [-0.39, 0.29) is 5.82 Å². The van der Waals surface area contributed by atoms with Gasteiger partial charge in [-0.05, 0) is 73.3 Å². The lowest BCUT2D eigenvalue weighted by atomic mass is 9.78. The Balaban J connectivity index is 1.75. The molecule has 1 saturated carbocycles. The second-order valence-corrected chi connectivity index (χ2v) is 6.77. The smallest absolute Gasteiger partial charge is 0.132 e. The van der Waals surface area contributed by atoms with Crippen molar-refractivity contribution in [1.82, 2.24) is 4.98 Å². The topological polar surface area (TPSA) is 12.9 Å². The third kappa shape index (κ3) is 3.63. The highest BCUT2D eigenvalue weighted by Crippen LogP contribution is 2.37. The number of aryl methyl sites for hydroxylation is 1. The van der Waals surface area contributed by atoms with Crippen LogP contribution in [0.4, 0.5) is 4.39 Å². The average Bonchev–Trinajstić information content (AvgIpc) is 2.62. The number of pyridine rings is 1. The molecule has 2 aromatic rings. The Morgan fingerprint density at radius 3 is 2.39 bits per heavy atom. The maximum atomic E-state index is 14.2. The predicted molar refractivity (Wildman–Crippen MR) is 94.0 cm³/mol. The summed E-state index contributed by atoms with van der Waals surface area (Å²) in [7, 11) is 0. The first-order valence-electron chi connectivity index (χ1n) is 8.96. The fourth-order valence-electron chi connectivity index (χ4n) is 3.70. The standard InChI is InChI=1S/C21H26FN/c1-3-15-5-8-17(9-6-15)18-10-12-21(23-14-18)19-11-7-16(4-2)13-20(19)22/h7,10-15,17H,3-6,8-9H2,1-2H3. The second-order valence-electron chi connectivity index (χ2n) is 6.77. The summed E-state index contributed by atoms with van der Waals surface area (Å²) in [5.41, 5.74) is 3.67. The summed E-state index contributed by atoms with van der Waals surface area (Å²) in [6.45, 7) is 4.33. The minimum atomic E-state index is -0.173. The summed E-state index contributed by atoms with van der Waals surface area (Å²) in [4.78, 5) is 4.54. The van der Waals surface area contributed by atoms with E-state index >= 15 is 0 Å². The lowest BCUT2D eigenvalue weighted by Gasteiger charge is -2.27. The van der Waals surface area contributed by atoms with Gasteiger partial charge in [0.2, 0.25) is 0 Å². The Morgan fingerprint density at radius 2 is 1.83 bits per heavy atom. The van der Waals surface area contributed by atoms with Gasteiger partial charge in [0.25, 0.3) is 0 Å². The maximum Gasteiger partial charge on any atom is 0.132 e.